The van der Waals surface area contributed by atoms with Crippen LogP contribution in [0.1, 0.15) is 11.1 Å². The quantitative estimate of drug-likeness (QED) is 0.647. The molecule has 1 aliphatic rings. The minimum absolute atomic E-state index is 0.0117. The van der Waals surface area contributed by atoms with Crippen LogP contribution in [0, 0.1) is 0 Å². The van der Waals surface area contributed by atoms with Crippen molar-refractivity contribution in [1.29, 1.82) is 0 Å². The van der Waals surface area contributed by atoms with Crippen LogP contribution in [-0.2, 0) is 17.8 Å². The summed E-state index contributed by atoms with van der Waals surface area (Å²) in [6, 6.07) is 15.7. The van der Waals surface area contributed by atoms with Crippen molar-refractivity contribution >= 4 is 23.5 Å². The van der Waals surface area contributed by atoms with Gasteiger partial charge >= 0.3 is 0 Å². The summed E-state index contributed by atoms with van der Waals surface area (Å²) in [5.41, 5.74) is 3.48. The molecule has 28 heavy (non-hydrogen) atoms. The molecular weight excluding hydrogens is 372 g/mol. The molecule has 142 valence electrons. The Kier molecular flexibility index (Phi) is 5.72. The highest BCUT2D eigenvalue weighted by Gasteiger charge is 2.21. The topological polar surface area (TPSA) is 67.3 Å². The number of hydrogen-bond acceptors (Lipinski definition) is 6. The maximum atomic E-state index is 12.5. The Morgan fingerprint density at radius 2 is 2.11 bits per heavy atom. The van der Waals surface area contributed by atoms with E-state index in [2.05, 4.69) is 26.8 Å². The van der Waals surface area contributed by atoms with Crippen LogP contribution >= 0.6 is 11.9 Å². The van der Waals surface area contributed by atoms with Crippen LogP contribution < -0.4 is 9.46 Å². The smallest absolute Gasteiger partial charge is 0.260 e. The average Bonchev–Trinajstić information content (AvgIpc) is 2.77. The van der Waals surface area contributed by atoms with E-state index in [1.54, 1.807) is 30.7 Å². The summed E-state index contributed by atoms with van der Waals surface area (Å²) in [4.78, 5) is 22.6. The second-order valence-corrected chi connectivity index (χ2v) is 7.22. The summed E-state index contributed by atoms with van der Waals surface area (Å²) in [7, 11) is 0. The molecule has 6 nitrogen and oxygen atoms in total. The number of nitrogens with zero attached hydrogens (tertiary/aromatic N) is 3. The molecule has 0 aliphatic carbocycles. The van der Waals surface area contributed by atoms with E-state index in [1.165, 1.54) is 23.1 Å². The minimum Gasteiger partial charge on any atom is -0.482 e. The van der Waals surface area contributed by atoms with Crippen LogP contribution in [0.3, 0.4) is 0 Å². The summed E-state index contributed by atoms with van der Waals surface area (Å²) in [5, 5.41) is 0.922. The summed E-state index contributed by atoms with van der Waals surface area (Å²) >= 11 is 1.49. The van der Waals surface area contributed by atoms with E-state index in [-0.39, 0.29) is 12.5 Å². The number of pyridine rings is 2. The van der Waals surface area contributed by atoms with Gasteiger partial charge in [0.1, 0.15) is 10.8 Å². The standard InChI is InChI=1S/C21H20N4O2S/c26-21(15-27-19-4-3-9-22-13-19)25-11-8-16-12-18(7-6-17(16)14-25)24-28-20-5-1-2-10-23-20/h1-7,9-10,12-13,24H,8,11,14-15H2. The van der Waals surface area contributed by atoms with Crippen LogP contribution in [0.25, 0.3) is 0 Å². The molecule has 1 aliphatic heterocycles. The monoisotopic (exact) mass is 392 g/mol. The number of rotatable bonds is 6. The highest BCUT2D eigenvalue weighted by molar-refractivity contribution is 8.00. The summed E-state index contributed by atoms with van der Waals surface area (Å²) in [6.07, 6.45) is 5.89. The van der Waals surface area contributed by atoms with Gasteiger partial charge in [0.2, 0.25) is 0 Å². The van der Waals surface area contributed by atoms with Crippen molar-refractivity contribution in [3.05, 3.63) is 78.2 Å². The van der Waals surface area contributed by atoms with Gasteiger partial charge in [-0.15, -0.1) is 0 Å². The normalized spacial score (nSPS) is 12.9. The van der Waals surface area contributed by atoms with E-state index in [0.717, 1.165) is 17.1 Å². The Bertz CT molecular complexity index is 938. The molecule has 3 aromatic rings. The molecule has 3 heterocycles. The third kappa shape index (κ3) is 4.61. The Labute approximate surface area is 168 Å². The van der Waals surface area contributed by atoms with Gasteiger partial charge in [0.05, 0.1) is 6.20 Å². The highest BCUT2D eigenvalue weighted by atomic mass is 32.2. The predicted octanol–water partition coefficient (Wildman–Crippen LogP) is 3.56. The van der Waals surface area contributed by atoms with Crippen molar-refractivity contribution in [1.82, 2.24) is 14.9 Å². The van der Waals surface area contributed by atoms with Gasteiger partial charge in [-0.25, -0.2) is 4.98 Å². The Morgan fingerprint density at radius 3 is 2.93 bits per heavy atom. The van der Waals surface area contributed by atoms with Crippen LogP contribution in [0.4, 0.5) is 5.69 Å². The zero-order chi connectivity index (χ0) is 19.2. The lowest BCUT2D eigenvalue weighted by Gasteiger charge is -2.29. The van der Waals surface area contributed by atoms with E-state index in [4.69, 9.17) is 4.74 Å². The first kappa shape index (κ1) is 18.3. The van der Waals surface area contributed by atoms with E-state index in [1.807, 2.05) is 29.2 Å². The van der Waals surface area contributed by atoms with E-state index < -0.39 is 0 Å². The van der Waals surface area contributed by atoms with Crippen LogP contribution in [0.5, 0.6) is 5.75 Å². The van der Waals surface area contributed by atoms with Gasteiger partial charge in [0, 0.05) is 43.1 Å². The number of benzene rings is 1. The lowest BCUT2D eigenvalue weighted by Crippen LogP contribution is -2.38. The van der Waals surface area contributed by atoms with E-state index in [9.17, 15) is 4.79 Å². The first-order chi connectivity index (χ1) is 13.8. The largest absolute Gasteiger partial charge is 0.482 e. The second-order valence-electron chi connectivity index (χ2n) is 6.40. The number of hydrogen-bond donors (Lipinski definition) is 1. The van der Waals surface area contributed by atoms with Gasteiger partial charge in [-0.3, -0.25) is 9.78 Å². The maximum absolute atomic E-state index is 12.5. The van der Waals surface area contributed by atoms with Crippen molar-refractivity contribution in [3.8, 4) is 5.75 Å². The third-order valence-electron chi connectivity index (χ3n) is 4.48. The number of ether oxygens (including phenoxy) is 1. The van der Waals surface area contributed by atoms with Gasteiger partial charge < -0.3 is 14.4 Å². The molecule has 0 atom stereocenters. The number of anilines is 1. The third-order valence-corrected chi connectivity index (χ3v) is 5.27. The zero-order valence-electron chi connectivity index (χ0n) is 15.2. The summed E-state index contributed by atoms with van der Waals surface area (Å²) < 4.78 is 8.86. The molecule has 0 spiro atoms. The number of aromatic nitrogens is 2. The zero-order valence-corrected chi connectivity index (χ0v) is 16.1. The molecular formula is C21H20N4O2S. The van der Waals surface area contributed by atoms with Crippen molar-refractivity contribution in [2.75, 3.05) is 17.9 Å². The fraction of sp³-hybridized carbons (Fsp3) is 0.190. The van der Waals surface area contributed by atoms with Gasteiger partial charge in [0.15, 0.2) is 6.61 Å². The number of carbonyl (C=O) groups excluding carboxylic acids is 1. The van der Waals surface area contributed by atoms with Gasteiger partial charge in [-0.05, 0) is 53.9 Å². The van der Waals surface area contributed by atoms with Crippen molar-refractivity contribution in [2.24, 2.45) is 0 Å². The fourth-order valence-electron chi connectivity index (χ4n) is 3.02. The molecule has 2 aromatic heterocycles. The first-order valence-electron chi connectivity index (χ1n) is 9.04. The van der Waals surface area contributed by atoms with Crippen molar-refractivity contribution in [3.63, 3.8) is 0 Å². The van der Waals surface area contributed by atoms with Crippen LogP contribution in [0.15, 0.2) is 72.1 Å². The number of fused-ring (bicyclic) bond motifs is 1. The Hall–Kier alpha value is -3.06. The lowest BCUT2D eigenvalue weighted by atomic mass is 9.99. The molecule has 0 radical (unpaired) electrons. The van der Waals surface area contributed by atoms with Gasteiger partial charge in [0.25, 0.3) is 5.91 Å². The first-order valence-corrected chi connectivity index (χ1v) is 9.86. The summed E-state index contributed by atoms with van der Waals surface area (Å²) in [6.45, 7) is 1.33. The van der Waals surface area contributed by atoms with Gasteiger partial charge in [-0.2, -0.15) is 0 Å². The Morgan fingerprint density at radius 1 is 1.14 bits per heavy atom. The molecule has 7 heteroatoms. The molecule has 0 fully saturated rings. The highest BCUT2D eigenvalue weighted by Crippen LogP contribution is 2.25. The molecule has 4 rings (SSSR count). The predicted molar refractivity (Wildman–Crippen MR) is 109 cm³/mol. The summed E-state index contributed by atoms with van der Waals surface area (Å²) in [5.74, 6) is 0.594. The molecule has 0 unspecified atom stereocenters. The molecule has 0 bridgehead atoms. The molecule has 1 aromatic carbocycles. The molecule has 1 N–H and O–H groups in total. The lowest BCUT2D eigenvalue weighted by molar-refractivity contribution is -0.134. The minimum atomic E-state index is -0.0117. The Balaban J connectivity index is 1.33. The van der Waals surface area contributed by atoms with Crippen molar-refractivity contribution in [2.45, 2.75) is 18.0 Å². The SMILES string of the molecule is O=C(COc1cccnc1)N1CCc2cc(NSc3ccccn3)ccc2C1. The second kappa shape index (κ2) is 8.75. The number of amides is 1. The fourth-order valence-corrected chi connectivity index (χ4v) is 3.63. The average molecular weight is 392 g/mol. The number of nitrogens with one attached hydrogen (secondary N) is 1. The van der Waals surface area contributed by atoms with Crippen LogP contribution in [0.2, 0.25) is 0 Å². The van der Waals surface area contributed by atoms with Crippen molar-refractivity contribution < 1.29 is 9.53 Å². The van der Waals surface area contributed by atoms with Crippen LogP contribution in [-0.4, -0.2) is 33.9 Å². The van der Waals surface area contributed by atoms with E-state index >= 15 is 0 Å². The molecule has 0 saturated heterocycles. The van der Waals surface area contributed by atoms with Gasteiger partial charge in [-0.1, -0.05) is 12.1 Å². The maximum Gasteiger partial charge on any atom is 0.260 e. The molecule has 1 amide bonds. The number of carbonyl (C=O) groups is 1. The molecule has 0 saturated carbocycles. The van der Waals surface area contributed by atoms with E-state index in [0.29, 0.717) is 18.8 Å².